The molecule has 1 aromatic heterocycles. The summed E-state index contributed by atoms with van der Waals surface area (Å²) in [5.41, 5.74) is 0.849. The lowest BCUT2D eigenvalue weighted by molar-refractivity contribution is -0.129. The number of hydrogen-bond acceptors (Lipinski definition) is 6. The molecule has 29 heavy (non-hydrogen) atoms. The molecule has 1 aliphatic heterocycles. The first-order chi connectivity index (χ1) is 13.9. The van der Waals surface area contributed by atoms with Crippen LogP contribution in [0.5, 0.6) is 11.5 Å². The fourth-order valence-electron chi connectivity index (χ4n) is 2.86. The lowest BCUT2D eigenvalue weighted by Crippen LogP contribution is -2.04. The Kier molecular flexibility index (Phi) is 5.44. The Hall–Kier alpha value is -2.25. The van der Waals surface area contributed by atoms with Gasteiger partial charge < -0.3 is 14.2 Å². The summed E-state index contributed by atoms with van der Waals surface area (Å²) in [7, 11) is 3.09. The number of thiophene rings is 1. The van der Waals surface area contributed by atoms with Gasteiger partial charge in [-0.25, -0.2) is 9.79 Å². The number of esters is 1. The van der Waals surface area contributed by atoms with E-state index in [9.17, 15) is 4.79 Å². The van der Waals surface area contributed by atoms with Gasteiger partial charge in [-0.15, -0.1) is 11.3 Å². The first-order valence-electron chi connectivity index (χ1n) is 8.23. The molecule has 0 radical (unpaired) electrons. The third-order valence-electron chi connectivity index (χ3n) is 4.18. The van der Waals surface area contributed by atoms with Crippen molar-refractivity contribution in [2.75, 3.05) is 14.2 Å². The van der Waals surface area contributed by atoms with E-state index in [2.05, 4.69) is 4.99 Å². The number of rotatable bonds is 4. The van der Waals surface area contributed by atoms with Crippen LogP contribution in [0, 0.1) is 0 Å². The van der Waals surface area contributed by atoms with Gasteiger partial charge in [0.05, 0.1) is 24.3 Å². The molecular formula is C20H12Cl3NO4S. The predicted octanol–water partition coefficient (Wildman–Crippen LogP) is 6.22. The fourth-order valence-corrected chi connectivity index (χ4v) is 5.16. The number of carbonyl (C=O) groups excluding carboxylic acids is 1. The van der Waals surface area contributed by atoms with E-state index in [1.807, 2.05) is 0 Å². The monoisotopic (exact) mass is 467 g/mol. The van der Waals surface area contributed by atoms with Crippen LogP contribution in [0.4, 0.5) is 0 Å². The van der Waals surface area contributed by atoms with Crippen molar-refractivity contribution in [2.24, 2.45) is 4.99 Å². The van der Waals surface area contributed by atoms with Crippen LogP contribution in [0.3, 0.4) is 0 Å². The van der Waals surface area contributed by atoms with Gasteiger partial charge >= 0.3 is 5.97 Å². The van der Waals surface area contributed by atoms with Crippen LogP contribution in [-0.2, 0) is 9.53 Å². The number of benzene rings is 2. The van der Waals surface area contributed by atoms with E-state index in [0.717, 1.165) is 4.70 Å². The van der Waals surface area contributed by atoms with Gasteiger partial charge in [0.15, 0.2) is 17.2 Å². The highest BCUT2D eigenvalue weighted by Crippen LogP contribution is 2.42. The number of halogens is 3. The number of carbonyl (C=O) groups is 1. The van der Waals surface area contributed by atoms with Crippen molar-refractivity contribution in [1.29, 1.82) is 0 Å². The zero-order valence-corrected chi connectivity index (χ0v) is 18.2. The molecule has 3 aromatic rings. The Bertz CT molecular complexity index is 1220. The molecule has 0 unspecified atom stereocenters. The number of ether oxygens (including phenoxy) is 3. The Morgan fingerprint density at radius 2 is 1.83 bits per heavy atom. The number of nitrogens with zero attached hydrogens (tertiary/aromatic N) is 1. The van der Waals surface area contributed by atoms with E-state index >= 15 is 0 Å². The molecule has 0 N–H and O–H groups in total. The van der Waals surface area contributed by atoms with E-state index in [0.29, 0.717) is 42.4 Å². The summed E-state index contributed by atoms with van der Waals surface area (Å²) in [5, 5.41) is 1.93. The van der Waals surface area contributed by atoms with Crippen LogP contribution in [0.2, 0.25) is 15.1 Å². The first-order valence-corrected chi connectivity index (χ1v) is 10.2. The number of cyclic esters (lactones) is 1. The Morgan fingerprint density at radius 1 is 1.07 bits per heavy atom. The molecule has 2 heterocycles. The SMILES string of the molecule is COc1ccc(/C=C2\N=C(c3sc4cc(Cl)cc(Cl)c4c3Cl)OC2=O)cc1OC. The highest BCUT2D eigenvalue weighted by Gasteiger charge is 2.28. The Balaban J connectivity index is 1.75. The minimum atomic E-state index is -0.576. The van der Waals surface area contributed by atoms with Gasteiger partial charge in [-0.05, 0) is 35.9 Å². The summed E-state index contributed by atoms with van der Waals surface area (Å²) >= 11 is 20.1. The average molecular weight is 469 g/mol. The average Bonchev–Trinajstić information content (AvgIpc) is 3.21. The number of aliphatic imine (C=N–C) groups is 1. The second kappa shape index (κ2) is 7.88. The molecule has 5 nitrogen and oxygen atoms in total. The molecule has 0 spiro atoms. The van der Waals surface area contributed by atoms with Gasteiger partial charge in [0.2, 0.25) is 5.90 Å². The molecule has 1 aliphatic rings. The molecule has 4 rings (SSSR count). The van der Waals surface area contributed by atoms with E-state index in [4.69, 9.17) is 49.0 Å². The van der Waals surface area contributed by atoms with Crippen LogP contribution in [0.1, 0.15) is 10.4 Å². The van der Waals surface area contributed by atoms with Crippen molar-refractivity contribution < 1.29 is 19.0 Å². The van der Waals surface area contributed by atoms with Crippen LogP contribution >= 0.6 is 46.1 Å². The minimum absolute atomic E-state index is 0.125. The summed E-state index contributed by atoms with van der Waals surface area (Å²) in [6.07, 6.45) is 1.60. The third kappa shape index (κ3) is 3.69. The van der Waals surface area contributed by atoms with Crippen LogP contribution < -0.4 is 9.47 Å². The fraction of sp³-hybridized carbons (Fsp3) is 0.100. The number of hydrogen-bond donors (Lipinski definition) is 0. The molecular weight excluding hydrogens is 457 g/mol. The lowest BCUT2D eigenvalue weighted by atomic mass is 10.1. The van der Waals surface area contributed by atoms with Gasteiger partial charge in [0.25, 0.3) is 0 Å². The zero-order valence-electron chi connectivity index (χ0n) is 15.1. The van der Waals surface area contributed by atoms with Crippen molar-refractivity contribution in [3.63, 3.8) is 0 Å². The summed E-state index contributed by atoms with van der Waals surface area (Å²) in [4.78, 5) is 17.2. The van der Waals surface area contributed by atoms with Crippen molar-refractivity contribution in [3.8, 4) is 11.5 Å². The van der Waals surface area contributed by atoms with E-state index in [-0.39, 0.29) is 11.6 Å². The van der Waals surface area contributed by atoms with Gasteiger partial charge in [-0.2, -0.15) is 0 Å². The quantitative estimate of drug-likeness (QED) is 0.337. The molecule has 0 bridgehead atoms. The van der Waals surface area contributed by atoms with Crippen molar-refractivity contribution in [2.45, 2.75) is 0 Å². The van der Waals surface area contributed by atoms with Crippen LogP contribution in [-0.4, -0.2) is 26.1 Å². The van der Waals surface area contributed by atoms with Gasteiger partial charge in [0.1, 0.15) is 4.88 Å². The molecule has 2 aromatic carbocycles. The van der Waals surface area contributed by atoms with Crippen molar-refractivity contribution in [3.05, 3.63) is 61.5 Å². The van der Waals surface area contributed by atoms with Crippen molar-refractivity contribution >= 4 is 74.2 Å². The summed E-state index contributed by atoms with van der Waals surface area (Å²) in [5.74, 6) is 0.671. The summed E-state index contributed by atoms with van der Waals surface area (Å²) in [6.45, 7) is 0. The summed E-state index contributed by atoms with van der Waals surface area (Å²) in [6, 6.07) is 8.62. The lowest BCUT2D eigenvalue weighted by Gasteiger charge is -2.07. The normalized spacial score (nSPS) is 15.0. The van der Waals surface area contributed by atoms with E-state index in [1.54, 1.807) is 43.5 Å². The molecule has 9 heteroatoms. The standard InChI is InChI=1S/C20H12Cl3NO4S/c1-26-13-4-3-9(6-14(13)27-2)5-12-20(25)28-19(24-12)18-17(23)16-11(22)7-10(21)8-15(16)29-18/h3-8H,1-2H3/b12-5-. The third-order valence-corrected chi connectivity index (χ3v) is 6.31. The summed E-state index contributed by atoms with van der Waals surface area (Å²) < 4.78 is 16.6. The molecule has 148 valence electrons. The molecule has 0 amide bonds. The second-order valence-corrected chi connectivity index (χ2v) is 8.23. The molecule has 0 saturated carbocycles. The highest BCUT2D eigenvalue weighted by atomic mass is 35.5. The Labute approximate surface area is 185 Å². The van der Waals surface area contributed by atoms with Crippen LogP contribution in [0.25, 0.3) is 16.2 Å². The maximum absolute atomic E-state index is 12.3. The number of methoxy groups -OCH3 is 2. The van der Waals surface area contributed by atoms with Crippen LogP contribution in [0.15, 0.2) is 41.0 Å². The second-order valence-electron chi connectivity index (χ2n) is 5.96. The molecule has 0 saturated heterocycles. The smallest absolute Gasteiger partial charge is 0.363 e. The molecule has 0 atom stereocenters. The maximum atomic E-state index is 12.3. The minimum Gasteiger partial charge on any atom is -0.493 e. The first kappa shape index (κ1) is 20.0. The van der Waals surface area contributed by atoms with Gasteiger partial charge in [-0.1, -0.05) is 40.9 Å². The van der Waals surface area contributed by atoms with Crippen molar-refractivity contribution in [1.82, 2.24) is 0 Å². The van der Waals surface area contributed by atoms with Gasteiger partial charge in [0, 0.05) is 15.1 Å². The largest absolute Gasteiger partial charge is 0.493 e. The van der Waals surface area contributed by atoms with E-state index in [1.165, 1.54) is 18.4 Å². The maximum Gasteiger partial charge on any atom is 0.363 e. The molecule has 0 fully saturated rings. The molecule has 0 aliphatic carbocycles. The van der Waals surface area contributed by atoms with E-state index < -0.39 is 5.97 Å². The Morgan fingerprint density at radius 3 is 2.55 bits per heavy atom. The predicted molar refractivity (Wildman–Crippen MR) is 117 cm³/mol. The van der Waals surface area contributed by atoms with Gasteiger partial charge in [-0.3, -0.25) is 0 Å². The highest BCUT2D eigenvalue weighted by molar-refractivity contribution is 7.21. The number of fused-ring (bicyclic) bond motifs is 1. The zero-order chi connectivity index (χ0) is 20.7. The topological polar surface area (TPSA) is 57.1 Å².